The molecule has 1 aliphatic rings. The Morgan fingerprint density at radius 1 is 1.23 bits per heavy atom. The van der Waals surface area contributed by atoms with E-state index in [0.29, 0.717) is 6.08 Å². The number of carbonyl (C=O) groups is 3. The molecule has 0 radical (unpaired) electrons. The Labute approximate surface area is 247 Å². The molecule has 2 N–H and O–H groups in total. The summed E-state index contributed by atoms with van der Waals surface area (Å²) >= 11 is 0. The number of hydrogen-bond donors (Lipinski definition) is 2. The number of amides is 2. The second kappa shape index (κ2) is 15.2. The van der Waals surface area contributed by atoms with Gasteiger partial charge in [0.2, 0.25) is 5.91 Å². The number of benzene rings is 1. The highest BCUT2D eigenvalue weighted by Gasteiger charge is 2.27. The molecular formula is C29H42N2O8. The van der Waals surface area contributed by atoms with E-state index in [1.54, 1.807) is 34.6 Å². The summed E-state index contributed by atoms with van der Waals surface area (Å²) in [6.07, 6.45) is -8.85. The molecule has 10 nitrogen and oxygen atoms in total. The van der Waals surface area contributed by atoms with E-state index in [1.807, 2.05) is 0 Å². The van der Waals surface area contributed by atoms with Crippen molar-refractivity contribution in [2.45, 2.75) is 65.1 Å². The standard InChI is InChI=1S/C29H42N2O8/c1-19(2)25(31-27(33)39-29(3,4)5)26(32)30-14-15-37-28(34)38-22-12-10-20(11-13-22)8-9-21-16-23(35-6)18-24(17-21)36-7/h8-13,16,19,21,24-25H,14-15,17-18H2,1-7H3,(H,30,32)(H,31,33)/b9-8+/i6D3,7D3,8D,9D,17D2,21D,24D. The molecule has 0 aliphatic heterocycles. The van der Waals surface area contributed by atoms with E-state index in [-0.39, 0.29) is 30.4 Å². The quantitative estimate of drug-likeness (QED) is 0.225. The number of nitrogens with one attached hydrogen (secondary N) is 2. The SMILES string of the molecule is [2H]/C(=C(/[2H])C1([2H])C=C(OC([2H])([2H])[2H])CC([2H])(OC([2H])([2H])[2H])C1([2H])[2H])c1ccc(OC(=O)OCCNC(=O)C(NC(=O)OC(C)(C)C)C(C)C)cc1. The van der Waals surface area contributed by atoms with Crippen LogP contribution in [0.25, 0.3) is 6.05 Å². The zero-order valence-corrected chi connectivity index (χ0v) is 22.4. The van der Waals surface area contributed by atoms with Gasteiger partial charge in [-0.15, -0.1) is 0 Å². The van der Waals surface area contributed by atoms with E-state index >= 15 is 0 Å². The maximum Gasteiger partial charge on any atom is 0.513 e. The Bertz CT molecular complexity index is 1490. The van der Waals surface area contributed by atoms with E-state index in [9.17, 15) is 14.4 Å². The van der Waals surface area contributed by atoms with Crippen LogP contribution in [0.1, 0.15) is 69.4 Å². The van der Waals surface area contributed by atoms with Crippen LogP contribution in [0, 0.1) is 11.8 Å². The summed E-state index contributed by atoms with van der Waals surface area (Å²) in [4.78, 5) is 36.9. The molecule has 0 fully saturated rings. The molecule has 0 bridgehead atoms. The molecule has 0 saturated carbocycles. The van der Waals surface area contributed by atoms with Crippen molar-refractivity contribution in [1.82, 2.24) is 10.6 Å². The molecule has 3 atom stereocenters. The van der Waals surface area contributed by atoms with Gasteiger partial charge in [0.15, 0.2) is 0 Å². The molecule has 0 aromatic heterocycles. The molecule has 1 aromatic carbocycles. The van der Waals surface area contributed by atoms with E-state index < -0.39 is 86.5 Å². The third-order valence-corrected chi connectivity index (χ3v) is 4.81. The summed E-state index contributed by atoms with van der Waals surface area (Å²) in [5.41, 5.74) is -0.869. The van der Waals surface area contributed by atoms with Gasteiger partial charge in [-0.3, -0.25) is 4.79 Å². The van der Waals surface area contributed by atoms with Crippen molar-refractivity contribution in [3.8, 4) is 5.75 Å². The molecule has 1 aliphatic carbocycles. The Morgan fingerprint density at radius 3 is 2.62 bits per heavy atom. The van der Waals surface area contributed by atoms with Crippen molar-refractivity contribution in [2.75, 3.05) is 27.2 Å². The van der Waals surface area contributed by atoms with Crippen LogP contribution in [0.5, 0.6) is 5.75 Å². The van der Waals surface area contributed by atoms with Crippen molar-refractivity contribution in [2.24, 2.45) is 11.8 Å². The number of allylic oxidation sites excluding steroid dienone is 2. The minimum atomic E-state index is -3.36. The first-order chi connectivity index (χ1) is 23.0. The fourth-order valence-electron chi connectivity index (χ4n) is 3.05. The Morgan fingerprint density at radius 2 is 1.97 bits per heavy atom. The van der Waals surface area contributed by atoms with Crippen molar-refractivity contribution in [3.63, 3.8) is 0 Å². The minimum absolute atomic E-state index is 0.0911. The molecule has 2 amide bonds. The highest BCUT2D eigenvalue weighted by molar-refractivity contribution is 5.85. The smallest absolute Gasteiger partial charge is 0.501 e. The fraction of sp³-hybridized carbons (Fsp3) is 0.552. The van der Waals surface area contributed by atoms with E-state index in [4.69, 9.17) is 40.1 Å². The lowest BCUT2D eigenvalue weighted by atomic mass is 9.91. The Hall–Kier alpha value is -3.53. The van der Waals surface area contributed by atoms with Gasteiger partial charge < -0.3 is 34.3 Å². The van der Waals surface area contributed by atoms with Gasteiger partial charge in [0, 0.05) is 23.5 Å². The van der Waals surface area contributed by atoms with E-state index in [1.165, 1.54) is 24.3 Å². The van der Waals surface area contributed by atoms with Crippen LogP contribution in [0.4, 0.5) is 9.59 Å². The highest BCUT2D eigenvalue weighted by atomic mass is 16.7. The first kappa shape index (κ1) is 17.9. The number of carbonyl (C=O) groups excluding carboxylic acids is 3. The van der Waals surface area contributed by atoms with Crippen molar-refractivity contribution in [1.29, 1.82) is 0 Å². The molecule has 2 rings (SSSR count). The average molecular weight is 559 g/mol. The maximum atomic E-state index is 12.6. The molecule has 10 heteroatoms. The second-order valence-corrected chi connectivity index (χ2v) is 9.59. The van der Waals surface area contributed by atoms with Crippen molar-refractivity contribution < 1.29 is 54.5 Å². The maximum absolute atomic E-state index is 12.6. The van der Waals surface area contributed by atoms with Crippen LogP contribution in [-0.2, 0) is 23.7 Å². The van der Waals surface area contributed by atoms with Gasteiger partial charge >= 0.3 is 12.2 Å². The van der Waals surface area contributed by atoms with Crippen molar-refractivity contribution >= 4 is 24.2 Å². The predicted molar refractivity (Wildman–Crippen MR) is 147 cm³/mol. The van der Waals surface area contributed by atoms with Gasteiger partial charge in [-0.25, -0.2) is 9.59 Å². The van der Waals surface area contributed by atoms with Crippen LogP contribution < -0.4 is 15.4 Å². The first-order valence-corrected chi connectivity index (χ1v) is 12.0. The zero-order valence-electron chi connectivity index (χ0n) is 34.4. The number of methoxy groups -OCH3 is 2. The molecule has 1 aromatic rings. The average Bonchev–Trinajstić information content (AvgIpc) is 2.93. The van der Waals surface area contributed by atoms with Crippen LogP contribution in [0.3, 0.4) is 0 Å². The predicted octanol–water partition coefficient (Wildman–Crippen LogP) is 4.84. The van der Waals surface area contributed by atoms with Gasteiger partial charge in [0.25, 0.3) is 0 Å². The third kappa shape index (κ3) is 11.8. The lowest BCUT2D eigenvalue weighted by Gasteiger charge is -2.25. The summed E-state index contributed by atoms with van der Waals surface area (Å²) in [5.74, 6) is -4.69. The summed E-state index contributed by atoms with van der Waals surface area (Å²) < 4.78 is 121. The second-order valence-electron chi connectivity index (χ2n) is 9.59. The van der Waals surface area contributed by atoms with Crippen LogP contribution in [-0.4, -0.2) is 63.1 Å². The molecule has 0 saturated heterocycles. The monoisotopic (exact) mass is 558 g/mol. The van der Waals surface area contributed by atoms with Crippen LogP contribution in [0.15, 0.2) is 42.2 Å². The highest BCUT2D eigenvalue weighted by Crippen LogP contribution is 2.27. The van der Waals surface area contributed by atoms with Gasteiger partial charge in [0.05, 0.1) is 37.8 Å². The fourth-order valence-corrected chi connectivity index (χ4v) is 3.05. The largest absolute Gasteiger partial charge is 0.513 e. The summed E-state index contributed by atoms with van der Waals surface area (Å²) in [7, 11) is -6.51. The lowest BCUT2D eigenvalue weighted by Crippen LogP contribution is -2.51. The molecule has 39 heavy (non-hydrogen) atoms. The summed E-state index contributed by atoms with van der Waals surface area (Å²) in [6, 6.07) is 1.94. The number of alkyl carbamates (subject to hydrolysis) is 1. The molecule has 216 valence electrons. The first-order valence-electron chi connectivity index (χ1n) is 18.0. The topological polar surface area (TPSA) is 121 Å². The number of ether oxygens (including phenoxy) is 5. The Kier molecular flexibility index (Phi) is 6.97. The normalized spacial score (nSPS) is 28.9. The van der Waals surface area contributed by atoms with Gasteiger partial charge in [-0.1, -0.05) is 38.1 Å². The van der Waals surface area contributed by atoms with E-state index in [2.05, 4.69) is 10.6 Å². The van der Waals surface area contributed by atoms with Crippen molar-refractivity contribution in [3.05, 3.63) is 47.7 Å². The number of hydrogen-bond acceptors (Lipinski definition) is 8. The van der Waals surface area contributed by atoms with Gasteiger partial charge in [-0.2, -0.15) is 0 Å². The van der Waals surface area contributed by atoms with Gasteiger partial charge in [0.1, 0.15) is 24.0 Å². The van der Waals surface area contributed by atoms with Crippen LogP contribution >= 0.6 is 0 Å². The van der Waals surface area contributed by atoms with Crippen LogP contribution in [0.2, 0.25) is 0 Å². The third-order valence-electron chi connectivity index (χ3n) is 4.81. The minimum Gasteiger partial charge on any atom is -0.501 e. The summed E-state index contributed by atoms with van der Waals surface area (Å²) in [6.45, 7) is 8.03. The molecule has 0 heterocycles. The lowest BCUT2D eigenvalue weighted by molar-refractivity contribution is -0.124. The van der Waals surface area contributed by atoms with Gasteiger partial charge in [-0.05, 0) is 56.8 Å². The van der Waals surface area contributed by atoms with E-state index in [0.717, 1.165) is 0 Å². The molecular weight excluding hydrogens is 504 g/mol. The molecule has 3 unspecified atom stereocenters. The Balaban J connectivity index is 2.15. The number of rotatable bonds is 11. The zero-order chi connectivity index (χ0) is 39.4. The molecule has 0 spiro atoms. The summed E-state index contributed by atoms with van der Waals surface area (Å²) in [5, 5.41) is 5.03.